The molecule has 2 rings (SSSR count). The molecular weight excluding hydrogens is 280 g/mol. The van der Waals surface area contributed by atoms with Crippen LogP contribution in [0.5, 0.6) is 0 Å². The van der Waals surface area contributed by atoms with Crippen LogP contribution in [0.25, 0.3) is 0 Å². The second-order valence-electron chi connectivity index (χ2n) is 9.00. The summed E-state index contributed by atoms with van der Waals surface area (Å²) in [5.74, 6) is 0.498. The Morgan fingerprint density at radius 2 is 1.86 bits per heavy atom. The van der Waals surface area contributed by atoms with E-state index in [4.69, 9.17) is 13.9 Å². The monoisotopic (exact) mass is 314 g/mol. The van der Waals surface area contributed by atoms with Crippen LogP contribution in [0.3, 0.4) is 0 Å². The molecule has 0 amide bonds. The zero-order valence-corrected chi connectivity index (χ0v) is 16.2. The van der Waals surface area contributed by atoms with Crippen LogP contribution in [0.2, 0.25) is 18.1 Å². The highest BCUT2D eigenvalue weighted by Crippen LogP contribution is 2.43. The summed E-state index contributed by atoms with van der Waals surface area (Å²) >= 11 is 0. The summed E-state index contributed by atoms with van der Waals surface area (Å²) in [5, 5.41) is 0.252. The average Bonchev–Trinajstić information content (AvgIpc) is 2.61. The number of fused-ring (bicyclic) bond motifs is 1. The summed E-state index contributed by atoms with van der Waals surface area (Å²) < 4.78 is 18.8. The number of rotatable bonds is 3. The first-order chi connectivity index (χ1) is 9.43. The molecule has 2 aliphatic rings. The van der Waals surface area contributed by atoms with Crippen LogP contribution in [-0.4, -0.2) is 38.8 Å². The highest BCUT2D eigenvalue weighted by Gasteiger charge is 2.49. The van der Waals surface area contributed by atoms with Crippen LogP contribution in [0.4, 0.5) is 0 Å². The van der Waals surface area contributed by atoms with Gasteiger partial charge < -0.3 is 13.9 Å². The Morgan fingerprint density at radius 1 is 1.24 bits per heavy atom. The van der Waals surface area contributed by atoms with E-state index >= 15 is 0 Å². The first-order valence-corrected chi connectivity index (χ1v) is 11.3. The molecule has 0 saturated carbocycles. The van der Waals surface area contributed by atoms with Crippen LogP contribution in [0, 0.1) is 5.92 Å². The molecule has 0 aromatic carbocycles. The maximum Gasteiger partial charge on any atom is 0.192 e. The van der Waals surface area contributed by atoms with E-state index in [1.54, 1.807) is 0 Å². The van der Waals surface area contributed by atoms with Crippen molar-refractivity contribution in [2.24, 2.45) is 5.92 Å². The van der Waals surface area contributed by atoms with Crippen molar-refractivity contribution in [3.05, 3.63) is 0 Å². The van der Waals surface area contributed by atoms with Gasteiger partial charge in [0.15, 0.2) is 8.32 Å². The van der Waals surface area contributed by atoms with Gasteiger partial charge in [0.25, 0.3) is 0 Å². The van der Waals surface area contributed by atoms with Gasteiger partial charge in [-0.25, -0.2) is 0 Å². The summed E-state index contributed by atoms with van der Waals surface area (Å²) in [4.78, 5) is 0. The van der Waals surface area contributed by atoms with E-state index in [9.17, 15) is 0 Å². The highest BCUT2D eigenvalue weighted by molar-refractivity contribution is 6.74. The molecule has 4 heteroatoms. The molecule has 0 aliphatic carbocycles. The largest absolute Gasteiger partial charge is 0.414 e. The molecule has 0 N–H and O–H groups in total. The third-order valence-electron chi connectivity index (χ3n) is 5.70. The van der Waals surface area contributed by atoms with Crippen LogP contribution >= 0.6 is 0 Å². The predicted octanol–water partition coefficient (Wildman–Crippen LogP) is 4.37. The third-order valence-corrected chi connectivity index (χ3v) is 10.2. The van der Waals surface area contributed by atoms with Crippen molar-refractivity contribution in [1.29, 1.82) is 0 Å². The van der Waals surface area contributed by atoms with E-state index in [0.29, 0.717) is 5.92 Å². The van der Waals surface area contributed by atoms with E-state index in [2.05, 4.69) is 54.6 Å². The Kier molecular flexibility index (Phi) is 4.67. The molecule has 3 nitrogen and oxygen atoms in total. The highest BCUT2D eigenvalue weighted by atomic mass is 28.4. The molecule has 2 heterocycles. The van der Waals surface area contributed by atoms with Gasteiger partial charge >= 0.3 is 0 Å². The van der Waals surface area contributed by atoms with E-state index in [1.807, 2.05) is 0 Å². The smallest absolute Gasteiger partial charge is 0.192 e. The Labute approximate surface area is 131 Å². The van der Waals surface area contributed by atoms with Crippen molar-refractivity contribution in [3.63, 3.8) is 0 Å². The second-order valence-corrected chi connectivity index (χ2v) is 13.8. The zero-order valence-electron chi connectivity index (χ0n) is 15.2. The summed E-state index contributed by atoms with van der Waals surface area (Å²) in [6.07, 6.45) is 2.92. The van der Waals surface area contributed by atoms with Crippen molar-refractivity contribution in [1.82, 2.24) is 0 Å². The molecule has 124 valence electrons. The summed E-state index contributed by atoms with van der Waals surface area (Å²) in [7, 11) is -1.70. The average molecular weight is 315 g/mol. The van der Waals surface area contributed by atoms with Gasteiger partial charge in [0, 0.05) is 5.92 Å². The van der Waals surface area contributed by atoms with Gasteiger partial charge in [-0.2, -0.15) is 0 Å². The van der Waals surface area contributed by atoms with Crippen molar-refractivity contribution in [2.75, 3.05) is 6.61 Å². The van der Waals surface area contributed by atoms with Crippen molar-refractivity contribution in [2.45, 2.75) is 96.4 Å². The minimum Gasteiger partial charge on any atom is -0.414 e. The van der Waals surface area contributed by atoms with Crippen molar-refractivity contribution in [3.8, 4) is 0 Å². The Bertz CT molecular complexity index is 373. The van der Waals surface area contributed by atoms with Crippen LogP contribution < -0.4 is 0 Å². The van der Waals surface area contributed by atoms with E-state index in [-0.39, 0.29) is 29.0 Å². The van der Waals surface area contributed by atoms with E-state index in [0.717, 1.165) is 13.0 Å². The maximum atomic E-state index is 6.39. The predicted molar refractivity (Wildman–Crippen MR) is 89.2 cm³/mol. The lowest BCUT2D eigenvalue weighted by molar-refractivity contribution is -0.134. The quantitative estimate of drug-likeness (QED) is 0.724. The van der Waals surface area contributed by atoms with Crippen LogP contribution in [0.1, 0.15) is 54.4 Å². The van der Waals surface area contributed by atoms with Crippen molar-refractivity contribution < 1.29 is 13.9 Å². The fourth-order valence-electron chi connectivity index (χ4n) is 3.16. The molecule has 21 heavy (non-hydrogen) atoms. The molecule has 4 atom stereocenters. The molecule has 2 aliphatic heterocycles. The van der Waals surface area contributed by atoms with E-state index in [1.165, 1.54) is 6.42 Å². The summed E-state index contributed by atoms with van der Waals surface area (Å²) in [6.45, 7) is 18.7. The topological polar surface area (TPSA) is 27.7 Å². The standard InChI is InChI=1S/C17H34O3Si/c1-12-15-13(9-10-17(5,6)20-15)14(19-12)11-18-21(7,8)16(2,3)4/h12-15H,9-11H2,1-8H3/t12-,13+,14+,15-/m0/s1. The third kappa shape index (κ3) is 3.71. The van der Waals surface area contributed by atoms with Gasteiger partial charge in [-0.15, -0.1) is 0 Å². The normalized spacial score (nSPS) is 36.6. The minimum atomic E-state index is -1.70. The fourth-order valence-corrected chi connectivity index (χ4v) is 4.17. The second kappa shape index (κ2) is 5.62. The summed E-state index contributed by atoms with van der Waals surface area (Å²) in [6, 6.07) is 0. The molecule has 0 spiro atoms. The first kappa shape index (κ1) is 17.5. The Morgan fingerprint density at radius 3 is 2.43 bits per heavy atom. The molecule has 0 aromatic heterocycles. The number of hydrogen-bond acceptors (Lipinski definition) is 3. The molecule has 0 radical (unpaired) electrons. The van der Waals surface area contributed by atoms with Gasteiger partial charge in [0.2, 0.25) is 0 Å². The SMILES string of the molecule is C[C@@H]1O[C@H](CO[Si](C)(C)C(C)(C)C)[C@H]2CCC(C)(C)O[C@H]21. The summed E-state index contributed by atoms with van der Waals surface area (Å²) in [5.41, 5.74) is -0.00599. The van der Waals surface area contributed by atoms with Gasteiger partial charge in [-0.3, -0.25) is 0 Å². The molecule has 0 aromatic rings. The molecule has 2 saturated heterocycles. The van der Waals surface area contributed by atoms with Crippen LogP contribution in [0.15, 0.2) is 0 Å². The molecule has 2 fully saturated rings. The van der Waals surface area contributed by atoms with Crippen LogP contribution in [-0.2, 0) is 13.9 Å². The Balaban J connectivity index is 1.97. The lowest BCUT2D eigenvalue weighted by Crippen LogP contribution is -2.46. The van der Waals surface area contributed by atoms with Gasteiger partial charge in [0.05, 0.1) is 30.5 Å². The fraction of sp³-hybridized carbons (Fsp3) is 1.00. The number of ether oxygens (including phenoxy) is 2. The molecule has 0 bridgehead atoms. The molecule has 0 unspecified atom stereocenters. The first-order valence-electron chi connectivity index (χ1n) is 8.40. The van der Waals surface area contributed by atoms with Gasteiger partial charge in [-0.1, -0.05) is 20.8 Å². The van der Waals surface area contributed by atoms with Gasteiger partial charge in [-0.05, 0) is 51.7 Å². The molecular formula is C17H34O3Si. The maximum absolute atomic E-state index is 6.39. The van der Waals surface area contributed by atoms with Crippen molar-refractivity contribution >= 4 is 8.32 Å². The minimum absolute atomic E-state index is 0.00599. The van der Waals surface area contributed by atoms with Gasteiger partial charge in [0.1, 0.15) is 0 Å². The zero-order chi connectivity index (χ0) is 16.1. The lowest BCUT2D eigenvalue weighted by atomic mass is 9.84. The lowest BCUT2D eigenvalue weighted by Gasteiger charge is -2.40. The number of hydrogen-bond donors (Lipinski definition) is 0. The Hall–Kier alpha value is 0.0969. The van der Waals surface area contributed by atoms with E-state index < -0.39 is 8.32 Å².